The standard InChI is InChI=1S/C17H17BrClFN2O/c1-12-9-15(5-6-16(12)18)22(8-7-19)17(23)21-11-13-3-2-4-14(20)10-13/h2-6,9-10H,7-8,11H2,1H3,(H,21,23). The van der Waals surface area contributed by atoms with Gasteiger partial charge in [-0.05, 0) is 48.4 Å². The molecule has 0 unspecified atom stereocenters. The number of hydrogen-bond donors (Lipinski definition) is 1. The van der Waals surface area contributed by atoms with Crippen molar-refractivity contribution in [3.8, 4) is 0 Å². The van der Waals surface area contributed by atoms with E-state index in [1.54, 1.807) is 17.0 Å². The number of hydrogen-bond acceptors (Lipinski definition) is 1. The summed E-state index contributed by atoms with van der Waals surface area (Å²) in [5.74, 6) is 0.000530. The molecule has 0 radical (unpaired) electrons. The van der Waals surface area contributed by atoms with E-state index < -0.39 is 0 Å². The van der Waals surface area contributed by atoms with Gasteiger partial charge >= 0.3 is 6.03 Å². The molecule has 1 N–H and O–H groups in total. The molecule has 0 aromatic heterocycles. The highest BCUT2D eigenvalue weighted by molar-refractivity contribution is 9.10. The topological polar surface area (TPSA) is 32.3 Å². The monoisotopic (exact) mass is 398 g/mol. The van der Waals surface area contributed by atoms with Crippen LogP contribution in [-0.2, 0) is 6.54 Å². The number of aryl methyl sites for hydroxylation is 1. The van der Waals surface area contributed by atoms with Gasteiger partial charge in [0.1, 0.15) is 5.82 Å². The van der Waals surface area contributed by atoms with E-state index in [-0.39, 0.29) is 18.4 Å². The molecule has 0 aliphatic rings. The minimum Gasteiger partial charge on any atom is -0.334 e. The summed E-state index contributed by atoms with van der Waals surface area (Å²) in [6.45, 7) is 2.60. The summed E-state index contributed by atoms with van der Waals surface area (Å²) < 4.78 is 14.2. The highest BCUT2D eigenvalue weighted by atomic mass is 79.9. The summed E-state index contributed by atoms with van der Waals surface area (Å²) in [7, 11) is 0. The number of amides is 2. The highest BCUT2D eigenvalue weighted by Crippen LogP contribution is 2.23. The molecule has 2 amide bonds. The third-order valence-corrected chi connectivity index (χ3v) is 4.40. The maximum atomic E-state index is 13.2. The Hall–Kier alpha value is -1.59. The minimum absolute atomic E-state index is 0.255. The second kappa shape index (κ2) is 8.31. The third kappa shape index (κ3) is 4.94. The van der Waals surface area contributed by atoms with Crippen LogP contribution >= 0.6 is 27.5 Å². The zero-order valence-corrected chi connectivity index (χ0v) is 15.0. The van der Waals surface area contributed by atoms with Gasteiger partial charge in [0, 0.05) is 29.1 Å². The van der Waals surface area contributed by atoms with Crippen molar-refractivity contribution in [2.75, 3.05) is 17.3 Å². The van der Waals surface area contributed by atoms with E-state index in [0.717, 1.165) is 15.7 Å². The number of urea groups is 1. The Kier molecular flexibility index (Phi) is 6.42. The van der Waals surface area contributed by atoms with Gasteiger partial charge in [-0.15, -0.1) is 11.6 Å². The number of carbonyl (C=O) groups is 1. The molecule has 6 heteroatoms. The number of nitrogens with zero attached hydrogens (tertiary/aromatic N) is 1. The van der Waals surface area contributed by atoms with Crippen LogP contribution in [0, 0.1) is 12.7 Å². The van der Waals surface area contributed by atoms with Crippen LogP contribution in [0.2, 0.25) is 0 Å². The van der Waals surface area contributed by atoms with Crippen LogP contribution in [-0.4, -0.2) is 18.5 Å². The Labute approximate surface area is 148 Å². The average molecular weight is 400 g/mol. The van der Waals surface area contributed by atoms with Crippen LogP contribution in [0.4, 0.5) is 14.9 Å². The lowest BCUT2D eigenvalue weighted by Crippen LogP contribution is -2.41. The second-order valence-electron chi connectivity index (χ2n) is 5.06. The summed E-state index contributed by atoms with van der Waals surface area (Å²) in [4.78, 5) is 14.0. The van der Waals surface area contributed by atoms with Crippen LogP contribution < -0.4 is 10.2 Å². The third-order valence-electron chi connectivity index (χ3n) is 3.34. The number of halogens is 3. The average Bonchev–Trinajstić information content (AvgIpc) is 2.53. The molecular formula is C17H17BrClFN2O. The Bertz CT molecular complexity index is 696. The van der Waals surface area contributed by atoms with Crippen LogP contribution in [0.5, 0.6) is 0 Å². The van der Waals surface area contributed by atoms with Crippen LogP contribution in [0.15, 0.2) is 46.9 Å². The van der Waals surface area contributed by atoms with Gasteiger partial charge < -0.3 is 5.32 Å². The zero-order valence-electron chi connectivity index (χ0n) is 12.7. The molecule has 122 valence electrons. The zero-order chi connectivity index (χ0) is 16.8. The van der Waals surface area contributed by atoms with Gasteiger partial charge in [-0.2, -0.15) is 0 Å². The first-order valence-corrected chi connectivity index (χ1v) is 8.46. The molecule has 0 aliphatic carbocycles. The van der Waals surface area contributed by atoms with Gasteiger partial charge in [0.2, 0.25) is 0 Å². The van der Waals surface area contributed by atoms with Crippen molar-refractivity contribution in [3.63, 3.8) is 0 Å². The first-order chi connectivity index (χ1) is 11.0. The molecule has 23 heavy (non-hydrogen) atoms. The molecule has 0 spiro atoms. The van der Waals surface area contributed by atoms with Crippen molar-refractivity contribution in [2.24, 2.45) is 0 Å². The van der Waals surface area contributed by atoms with E-state index >= 15 is 0 Å². The number of alkyl halides is 1. The van der Waals surface area contributed by atoms with E-state index in [1.807, 2.05) is 25.1 Å². The Morgan fingerprint density at radius 2 is 2.09 bits per heavy atom. The molecule has 0 heterocycles. The van der Waals surface area contributed by atoms with Gasteiger partial charge in [0.15, 0.2) is 0 Å². The number of rotatable bonds is 5. The number of carbonyl (C=O) groups excluding carboxylic acids is 1. The largest absolute Gasteiger partial charge is 0.334 e. The lowest BCUT2D eigenvalue weighted by atomic mass is 10.2. The summed E-state index contributed by atoms with van der Waals surface area (Å²) >= 11 is 9.26. The summed E-state index contributed by atoms with van der Waals surface area (Å²) in [5.41, 5.74) is 2.50. The van der Waals surface area contributed by atoms with Crippen LogP contribution in [0.1, 0.15) is 11.1 Å². The number of nitrogens with one attached hydrogen (secondary N) is 1. The number of benzene rings is 2. The lowest BCUT2D eigenvalue weighted by Gasteiger charge is -2.23. The van der Waals surface area contributed by atoms with Gasteiger partial charge in [0.25, 0.3) is 0 Å². The van der Waals surface area contributed by atoms with E-state index in [9.17, 15) is 9.18 Å². The fraction of sp³-hybridized carbons (Fsp3) is 0.235. The van der Waals surface area contributed by atoms with Gasteiger partial charge in [0.05, 0.1) is 0 Å². The maximum Gasteiger partial charge on any atom is 0.322 e. The summed E-state index contributed by atoms with van der Waals surface area (Å²) in [5, 5.41) is 2.79. The number of anilines is 1. The van der Waals surface area contributed by atoms with Gasteiger partial charge in [-0.25, -0.2) is 9.18 Å². The van der Waals surface area contributed by atoms with Crippen molar-refractivity contribution < 1.29 is 9.18 Å². The van der Waals surface area contributed by atoms with Crippen LogP contribution in [0.3, 0.4) is 0 Å². The van der Waals surface area contributed by atoms with Crippen molar-refractivity contribution in [3.05, 3.63) is 63.9 Å². The highest BCUT2D eigenvalue weighted by Gasteiger charge is 2.15. The molecule has 2 aromatic rings. The lowest BCUT2D eigenvalue weighted by molar-refractivity contribution is 0.246. The summed E-state index contributed by atoms with van der Waals surface area (Å²) in [6.07, 6.45) is 0. The predicted octanol–water partition coefficient (Wildman–Crippen LogP) is 4.85. The van der Waals surface area contributed by atoms with Crippen molar-refractivity contribution in [1.82, 2.24) is 5.32 Å². The molecule has 3 nitrogen and oxygen atoms in total. The van der Waals surface area contributed by atoms with Crippen molar-refractivity contribution in [1.29, 1.82) is 0 Å². The molecule has 0 fully saturated rings. The molecule has 0 aliphatic heterocycles. The molecular weight excluding hydrogens is 383 g/mol. The minimum atomic E-state index is -0.321. The molecule has 0 atom stereocenters. The molecule has 0 saturated heterocycles. The van der Waals surface area contributed by atoms with Gasteiger partial charge in [-0.1, -0.05) is 28.1 Å². The fourth-order valence-corrected chi connectivity index (χ4v) is 2.56. The first kappa shape index (κ1) is 17.8. The summed E-state index contributed by atoms with van der Waals surface area (Å²) in [6, 6.07) is 11.5. The Morgan fingerprint density at radius 1 is 1.30 bits per heavy atom. The van der Waals surface area contributed by atoms with Crippen molar-refractivity contribution >= 4 is 39.2 Å². The van der Waals surface area contributed by atoms with Crippen LogP contribution in [0.25, 0.3) is 0 Å². The Balaban J connectivity index is 2.10. The van der Waals surface area contributed by atoms with E-state index in [1.165, 1.54) is 12.1 Å². The second-order valence-corrected chi connectivity index (χ2v) is 6.30. The molecule has 2 rings (SSSR count). The van der Waals surface area contributed by atoms with E-state index in [0.29, 0.717) is 18.0 Å². The molecule has 0 bridgehead atoms. The van der Waals surface area contributed by atoms with E-state index in [4.69, 9.17) is 11.6 Å². The quantitative estimate of drug-likeness (QED) is 0.716. The maximum absolute atomic E-state index is 13.2. The molecule has 2 aromatic carbocycles. The van der Waals surface area contributed by atoms with Crippen molar-refractivity contribution in [2.45, 2.75) is 13.5 Å². The van der Waals surface area contributed by atoms with Gasteiger partial charge in [-0.3, -0.25) is 4.90 Å². The van der Waals surface area contributed by atoms with E-state index in [2.05, 4.69) is 21.2 Å². The predicted molar refractivity (Wildman–Crippen MR) is 95.6 cm³/mol. The smallest absolute Gasteiger partial charge is 0.322 e. The fourth-order valence-electron chi connectivity index (χ4n) is 2.15. The first-order valence-electron chi connectivity index (χ1n) is 7.13. The SMILES string of the molecule is Cc1cc(N(CCCl)C(=O)NCc2cccc(F)c2)ccc1Br. The normalized spacial score (nSPS) is 10.4. The Morgan fingerprint density at radius 3 is 2.74 bits per heavy atom. The molecule has 0 saturated carbocycles.